The van der Waals surface area contributed by atoms with Gasteiger partial charge in [-0.2, -0.15) is 0 Å². The molecule has 1 aromatic heterocycles. The molecule has 0 aliphatic carbocycles. The summed E-state index contributed by atoms with van der Waals surface area (Å²) in [6.45, 7) is 0.363. The topological polar surface area (TPSA) is 60.7 Å². The molecule has 1 heterocycles. The fourth-order valence-corrected chi connectivity index (χ4v) is 2.68. The Morgan fingerprint density at radius 3 is 2.44 bits per heavy atom. The van der Waals surface area contributed by atoms with Gasteiger partial charge in [-0.3, -0.25) is 4.79 Å². The van der Waals surface area contributed by atoms with Gasteiger partial charge in [-0.25, -0.2) is 0 Å². The molecule has 0 atom stereocenters. The second-order valence-electron chi connectivity index (χ2n) is 5.81. The molecular weight excluding hydrogens is 342 g/mol. The molecule has 0 unspecified atom stereocenters. The Balaban J connectivity index is 1.79. The zero-order valence-electron chi connectivity index (χ0n) is 15.3. The van der Waals surface area contributed by atoms with Gasteiger partial charge in [0.15, 0.2) is 11.5 Å². The van der Waals surface area contributed by atoms with Gasteiger partial charge in [0.2, 0.25) is 0 Å². The summed E-state index contributed by atoms with van der Waals surface area (Å²) >= 11 is 0. The molecule has 5 nitrogen and oxygen atoms in total. The van der Waals surface area contributed by atoms with E-state index in [1.165, 1.54) is 0 Å². The normalized spacial score (nSPS) is 11.1. The van der Waals surface area contributed by atoms with Crippen LogP contribution in [0.3, 0.4) is 0 Å². The Kier molecular flexibility index (Phi) is 5.94. The number of hydrogen-bond acceptors (Lipinski definition) is 4. The van der Waals surface area contributed by atoms with Crippen molar-refractivity contribution in [2.75, 3.05) is 14.2 Å². The molecule has 3 rings (SSSR count). The van der Waals surface area contributed by atoms with E-state index in [-0.39, 0.29) is 5.91 Å². The van der Waals surface area contributed by atoms with E-state index in [0.717, 1.165) is 11.1 Å². The number of amides is 1. The molecule has 0 bridgehead atoms. The van der Waals surface area contributed by atoms with E-state index < -0.39 is 0 Å². The maximum atomic E-state index is 12.8. The number of nitrogens with one attached hydrogen (secondary N) is 1. The molecule has 0 radical (unpaired) electrons. The summed E-state index contributed by atoms with van der Waals surface area (Å²) in [7, 11) is 3.17. The Bertz CT molecular complexity index is 915. The highest BCUT2D eigenvalue weighted by atomic mass is 16.5. The van der Waals surface area contributed by atoms with Crippen LogP contribution in [0.5, 0.6) is 11.5 Å². The summed E-state index contributed by atoms with van der Waals surface area (Å²) < 4.78 is 15.9. The minimum atomic E-state index is -0.188. The average Bonchev–Trinajstić information content (AvgIpc) is 3.24. The van der Waals surface area contributed by atoms with Gasteiger partial charge in [0, 0.05) is 6.54 Å². The predicted octanol–water partition coefficient (Wildman–Crippen LogP) is 4.15. The highest BCUT2D eigenvalue weighted by Gasteiger charge is 2.13. The number of furan rings is 1. The number of ether oxygens (including phenoxy) is 2. The molecule has 0 saturated carbocycles. The zero-order valence-corrected chi connectivity index (χ0v) is 15.3. The summed E-state index contributed by atoms with van der Waals surface area (Å²) in [6.07, 6.45) is 3.31. The van der Waals surface area contributed by atoms with Crippen LogP contribution in [0.25, 0.3) is 11.6 Å². The van der Waals surface area contributed by atoms with Crippen LogP contribution < -0.4 is 14.8 Å². The summed E-state index contributed by atoms with van der Waals surface area (Å²) in [5, 5.41) is 2.95. The first kappa shape index (κ1) is 18.3. The third-order valence-electron chi connectivity index (χ3n) is 4.06. The average molecular weight is 363 g/mol. The van der Waals surface area contributed by atoms with Crippen LogP contribution in [0.4, 0.5) is 0 Å². The molecule has 27 heavy (non-hydrogen) atoms. The first-order valence-corrected chi connectivity index (χ1v) is 8.51. The maximum absolute atomic E-state index is 12.8. The van der Waals surface area contributed by atoms with Crippen molar-refractivity contribution in [2.24, 2.45) is 0 Å². The number of methoxy groups -OCH3 is 2. The molecule has 0 aliphatic rings. The van der Waals surface area contributed by atoms with Crippen LogP contribution in [0.2, 0.25) is 0 Å². The standard InChI is InChI=1S/C22H21NO4/c1-25-20-11-10-16(13-21(20)26-2)15-23-22(24)19(14-18-9-6-12-27-18)17-7-4-3-5-8-17/h3-14H,15H2,1-2H3,(H,23,24)/b19-14+. The van der Waals surface area contributed by atoms with E-state index in [1.807, 2.05) is 54.6 Å². The van der Waals surface area contributed by atoms with E-state index in [9.17, 15) is 4.79 Å². The molecule has 2 aromatic carbocycles. The molecule has 0 saturated heterocycles. The van der Waals surface area contributed by atoms with Crippen molar-refractivity contribution in [1.82, 2.24) is 5.32 Å². The van der Waals surface area contributed by atoms with Gasteiger partial charge in [-0.1, -0.05) is 36.4 Å². The molecule has 138 valence electrons. The molecule has 0 fully saturated rings. The first-order chi connectivity index (χ1) is 13.2. The van der Waals surface area contributed by atoms with E-state index >= 15 is 0 Å². The third kappa shape index (κ3) is 4.58. The second kappa shape index (κ2) is 8.76. The van der Waals surface area contributed by atoms with Gasteiger partial charge in [0.05, 0.1) is 26.1 Å². The lowest BCUT2D eigenvalue weighted by Crippen LogP contribution is -2.23. The Hall–Kier alpha value is -3.47. The van der Waals surface area contributed by atoms with E-state index in [2.05, 4.69) is 5.32 Å². The fourth-order valence-electron chi connectivity index (χ4n) is 2.68. The molecule has 1 amide bonds. The molecule has 0 aliphatic heterocycles. The van der Waals surface area contributed by atoms with Crippen LogP contribution in [-0.4, -0.2) is 20.1 Å². The molecule has 5 heteroatoms. The van der Waals surface area contributed by atoms with Crippen LogP contribution in [0.1, 0.15) is 16.9 Å². The largest absolute Gasteiger partial charge is 0.493 e. The van der Waals surface area contributed by atoms with E-state index in [1.54, 1.807) is 32.6 Å². The Morgan fingerprint density at radius 2 is 1.78 bits per heavy atom. The van der Waals surface area contributed by atoms with Crippen molar-refractivity contribution in [2.45, 2.75) is 6.54 Å². The lowest BCUT2D eigenvalue weighted by Gasteiger charge is -2.12. The van der Waals surface area contributed by atoms with E-state index in [4.69, 9.17) is 13.9 Å². The fraction of sp³-hybridized carbons (Fsp3) is 0.136. The lowest BCUT2D eigenvalue weighted by atomic mass is 10.0. The third-order valence-corrected chi connectivity index (χ3v) is 4.06. The van der Waals surface area contributed by atoms with Gasteiger partial charge in [0.1, 0.15) is 5.76 Å². The second-order valence-corrected chi connectivity index (χ2v) is 5.81. The van der Waals surface area contributed by atoms with Gasteiger partial charge in [-0.15, -0.1) is 0 Å². The number of carbonyl (C=O) groups is 1. The zero-order chi connectivity index (χ0) is 19.1. The quantitative estimate of drug-likeness (QED) is 0.641. The minimum Gasteiger partial charge on any atom is -0.493 e. The molecule has 0 spiro atoms. The summed E-state index contributed by atoms with van der Waals surface area (Å²) in [6, 6.07) is 18.6. The van der Waals surface area contributed by atoms with Crippen LogP contribution in [0, 0.1) is 0 Å². The molecule has 3 aromatic rings. The van der Waals surface area contributed by atoms with Crippen LogP contribution in [-0.2, 0) is 11.3 Å². The summed E-state index contributed by atoms with van der Waals surface area (Å²) in [5.74, 6) is 1.71. The molecular formula is C22H21NO4. The summed E-state index contributed by atoms with van der Waals surface area (Å²) in [5.41, 5.74) is 2.26. The SMILES string of the molecule is COc1ccc(CNC(=O)/C(=C/c2ccco2)c2ccccc2)cc1OC. The van der Waals surface area contributed by atoms with Gasteiger partial charge in [-0.05, 0) is 41.5 Å². The Labute approximate surface area is 158 Å². The van der Waals surface area contributed by atoms with Gasteiger partial charge in [0.25, 0.3) is 5.91 Å². The number of benzene rings is 2. The summed E-state index contributed by atoms with van der Waals surface area (Å²) in [4.78, 5) is 12.8. The number of hydrogen-bond donors (Lipinski definition) is 1. The smallest absolute Gasteiger partial charge is 0.252 e. The van der Waals surface area contributed by atoms with E-state index in [0.29, 0.717) is 29.4 Å². The maximum Gasteiger partial charge on any atom is 0.252 e. The Morgan fingerprint density at radius 1 is 1.00 bits per heavy atom. The number of rotatable bonds is 7. The predicted molar refractivity (Wildman–Crippen MR) is 104 cm³/mol. The van der Waals surface area contributed by atoms with Crippen molar-refractivity contribution in [3.8, 4) is 11.5 Å². The highest BCUT2D eigenvalue weighted by Crippen LogP contribution is 2.27. The van der Waals surface area contributed by atoms with Crippen molar-refractivity contribution < 1.29 is 18.7 Å². The first-order valence-electron chi connectivity index (χ1n) is 8.51. The van der Waals surface area contributed by atoms with Crippen molar-refractivity contribution in [1.29, 1.82) is 0 Å². The highest BCUT2D eigenvalue weighted by molar-refractivity contribution is 6.23. The number of carbonyl (C=O) groups excluding carboxylic acids is 1. The monoisotopic (exact) mass is 363 g/mol. The van der Waals surface area contributed by atoms with Crippen LogP contribution in [0.15, 0.2) is 71.3 Å². The van der Waals surface area contributed by atoms with Crippen LogP contribution >= 0.6 is 0 Å². The minimum absolute atomic E-state index is 0.188. The van der Waals surface area contributed by atoms with Crippen molar-refractivity contribution in [3.63, 3.8) is 0 Å². The molecule has 1 N–H and O–H groups in total. The lowest BCUT2D eigenvalue weighted by molar-refractivity contribution is -0.115. The van der Waals surface area contributed by atoms with Gasteiger partial charge < -0.3 is 19.2 Å². The van der Waals surface area contributed by atoms with Crippen molar-refractivity contribution in [3.05, 3.63) is 83.8 Å². The van der Waals surface area contributed by atoms with Crippen molar-refractivity contribution >= 4 is 17.6 Å². The van der Waals surface area contributed by atoms with Gasteiger partial charge >= 0.3 is 0 Å².